The molecule has 9 nitrogen and oxygen atoms in total. The quantitative estimate of drug-likeness (QED) is 0.124. The lowest BCUT2D eigenvalue weighted by molar-refractivity contribution is -0.147. The summed E-state index contributed by atoms with van der Waals surface area (Å²) in [6, 6.07) is 24.5. The van der Waals surface area contributed by atoms with Crippen molar-refractivity contribution in [1.29, 1.82) is 0 Å². The molecule has 1 aromatic heterocycles. The topological polar surface area (TPSA) is 117 Å². The van der Waals surface area contributed by atoms with Crippen molar-refractivity contribution < 1.29 is 33.0 Å². The van der Waals surface area contributed by atoms with Crippen molar-refractivity contribution in [2.24, 2.45) is 0 Å². The van der Waals surface area contributed by atoms with E-state index in [-0.39, 0.29) is 24.3 Å². The Hall–Kier alpha value is -4.86. The number of hydrogen-bond acceptors (Lipinski definition) is 8. The molecule has 1 N–H and O–H groups in total. The second-order valence-corrected chi connectivity index (χ2v) is 12.3. The van der Waals surface area contributed by atoms with Crippen LogP contribution in [0.1, 0.15) is 42.3 Å². The second kappa shape index (κ2) is 14.1. The molecule has 0 fully saturated rings. The number of nitrogens with zero attached hydrogens (tertiary/aromatic N) is 1. The van der Waals surface area contributed by atoms with Crippen LogP contribution < -0.4 is 10.1 Å². The number of fused-ring (bicyclic) bond motifs is 1. The van der Waals surface area contributed by atoms with E-state index in [1.165, 1.54) is 0 Å². The van der Waals surface area contributed by atoms with Crippen LogP contribution in [0.5, 0.6) is 5.75 Å². The monoisotopic (exact) mass is 660 g/mol. The molecule has 0 aliphatic rings. The van der Waals surface area contributed by atoms with Crippen LogP contribution in [0.2, 0.25) is 10.0 Å². The molecule has 4 aromatic carbocycles. The molecule has 0 saturated carbocycles. The standard InChI is InChI=1S/C35H30Cl2N2O7/c1-35(2,3)46-34(42)39-29(33(41)43-20-22-7-5-4-6-8-22)15-21-9-12-27(13-10-21)44-32(40)23-11-14-28-30(18-23)45-31(38-28)24-16-25(36)19-26(37)17-24/h4-14,16-19,29H,15,20H2,1-3H3,(H,39,42)/t29-/m0/s1. The number of alkyl carbamates (subject to hydrolysis) is 1. The number of carbonyl (C=O) groups is 3. The third kappa shape index (κ3) is 8.87. The number of rotatable bonds is 9. The lowest BCUT2D eigenvalue weighted by atomic mass is 10.1. The van der Waals surface area contributed by atoms with Gasteiger partial charge in [0.25, 0.3) is 0 Å². The van der Waals surface area contributed by atoms with Crippen LogP contribution >= 0.6 is 23.2 Å². The lowest BCUT2D eigenvalue weighted by Gasteiger charge is -2.23. The molecule has 46 heavy (non-hydrogen) atoms. The molecule has 0 unspecified atom stereocenters. The predicted octanol–water partition coefficient (Wildman–Crippen LogP) is 8.20. The first-order valence-electron chi connectivity index (χ1n) is 14.3. The number of esters is 2. The Kier molecular flexibility index (Phi) is 9.94. The first kappa shape index (κ1) is 32.5. The first-order chi connectivity index (χ1) is 21.9. The van der Waals surface area contributed by atoms with E-state index in [4.69, 9.17) is 41.8 Å². The van der Waals surface area contributed by atoms with E-state index in [1.54, 1.807) is 81.4 Å². The Morgan fingerprint density at radius 1 is 0.870 bits per heavy atom. The second-order valence-electron chi connectivity index (χ2n) is 11.4. The Balaban J connectivity index is 1.25. The number of amides is 1. The van der Waals surface area contributed by atoms with Crippen LogP contribution in [0.3, 0.4) is 0 Å². The molecule has 0 aliphatic carbocycles. The van der Waals surface area contributed by atoms with Gasteiger partial charge in [-0.2, -0.15) is 0 Å². The van der Waals surface area contributed by atoms with Crippen molar-refractivity contribution in [2.75, 3.05) is 0 Å². The predicted molar refractivity (Wildman–Crippen MR) is 174 cm³/mol. The van der Waals surface area contributed by atoms with Crippen LogP contribution in [0.25, 0.3) is 22.6 Å². The van der Waals surface area contributed by atoms with E-state index < -0.39 is 29.7 Å². The molecule has 5 rings (SSSR count). The molecule has 0 radical (unpaired) electrons. The number of nitrogens with one attached hydrogen (secondary N) is 1. The number of ether oxygens (including phenoxy) is 3. The lowest BCUT2D eigenvalue weighted by Crippen LogP contribution is -2.45. The molecule has 0 aliphatic heterocycles. The van der Waals surface area contributed by atoms with Gasteiger partial charge >= 0.3 is 18.0 Å². The molecule has 236 valence electrons. The van der Waals surface area contributed by atoms with E-state index in [9.17, 15) is 14.4 Å². The molecular weight excluding hydrogens is 631 g/mol. The molecule has 1 atom stereocenters. The number of aromatic nitrogens is 1. The van der Waals surface area contributed by atoms with Gasteiger partial charge in [0.1, 0.15) is 29.5 Å². The number of benzene rings is 4. The molecule has 0 spiro atoms. The van der Waals surface area contributed by atoms with Crippen molar-refractivity contribution in [3.8, 4) is 17.2 Å². The Bertz CT molecular complexity index is 1850. The fraction of sp³-hybridized carbons (Fsp3) is 0.200. The Morgan fingerprint density at radius 3 is 2.24 bits per heavy atom. The van der Waals surface area contributed by atoms with Crippen LogP contribution in [-0.4, -0.2) is 34.7 Å². The van der Waals surface area contributed by atoms with Gasteiger partial charge in [-0.25, -0.2) is 19.4 Å². The molecular formula is C35H30Cl2N2O7. The normalized spacial score (nSPS) is 11.9. The summed E-state index contributed by atoms with van der Waals surface area (Å²) >= 11 is 12.2. The maximum Gasteiger partial charge on any atom is 0.408 e. The van der Waals surface area contributed by atoms with E-state index in [2.05, 4.69) is 10.3 Å². The minimum Gasteiger partial charge on any atom is -0.459 e. The summed E-state index contributed by atoms with van der Waals surface area (Å²) in [6.07, 6.45) is -0.629. The van der Waals surface area contributed by atoms with Gasteiger partial charge < -0.3 is 23.9 Å². The maximum atomic E-state index is 13.0. The van der Waals surface area contributed by atoms with Crippen LogP contribution in [0.4, 0.5) is 4.79 Å². The zero-order valence-electron chi connectivity index (χ0n) is 25.2. The molecule has 1 amide bonds. The van der Waals surface area contributed by atoms with Gasteiger partial charge in [0.2, 0.25) is 5.89 Å². The van der Waals surface area contributed by atoms with Gasteiger partial charge in [-0.15, -0.1) is 0 Å². The van der Waals surface area contributed by atoms with E-state index in [1.807, 2.05) is 30.3 Å². The number of halogens is 2. The molecule has 5 aromatic rings. The summed E-state index contributed by atoms with van der Waals surface area (Å²) in [5, 5.41) is 3.50. The fourth-order valence-electron chi connectivity index (χ4n) is 4.42. The fourth-order valence-corrected chi connectivity index (χ4v) is 4.95. The van der Waals surface area contributed by atoms with Gasteiger partial charge in [0.15, 0.2) is 5.58 Å². The summed E-state index contributed by atoms with van der Waals surface area (Å²) in [5.41, 5.74) is 2.54. The van der Waals surface area contributed by atoms with Gasteiger partial charge in [0, 0.05) is 22.0 Å². The Morgan fingerprint density at radius 2 is 1.57 bits per heavy atom. The first-order valence-corrected chi connectivity index (χ1v) is 15.1. The maximum absolute atomic E-state index is 13.0. The summed E-state index contributed by atoms with van der Waals surface area (Å²) in [5.74, 6) is -0.630. The zero-order chi connectivity index (χ0) is 32.8. The molecule has 11 heteroatoms. The van der Waals surface area contributed by atoms with Crippen LogP contribution in [0, 0.1) is 0 Å². The zero-order valence-corrected chi connectivity index (χ0v) is 26.7. The van der Waals surface area contributed by atoms with Crippen molar-refractivity contribution in [1.82, 2.24) is 10.3 Å². The summed E-state index contributed by atoms with van der Waals surface area (Å²) in [6.45, 7) is 5.24. The highest BCUT2D eigenvalue weighted by atomic mass is 35.5. The van der Waals surface area contributed by atoms with Gasteiger partial charge in [-0.1, -0.05) is 65.7 Å². The van der Waals surface area contributed by atoms with Crippen molar-refractivity contribution in [3.63, 3.8) is 0 Å². The molecule has 1 heterocycles. The van der Waals surface area contributed by atoms with E-state index in [0.717, 1.165) is 5.56 Å². The van der Waals surface area contributed by atoms with Gasteiger partial charge in [0.05, 0.1) is 5.56 Å². The van der Waals surface area contributed by atoms with Crippen LogP contribution in [0.15, 0.2) is 95.4 Å². The largest absolute Gasteiger partial charge is 0.459 e. The number of hydrogen-bond donors (Lipinski definition) is 1. The summed E-state index contributed by atoms with van der Waals surface area (Å²) in [7, 11) is 0. The average Bonchev–Trinajstić information content (AvgIpc) is 3.43. The van der Waals surface area contributed by atoms with E-state index >= 15 is 0 Å². The van der Waals surface area contributed by atoms with E-state index in [0.29, 0.717) is 38.2 Å². The third-order valence-corrected chi connectivity index (χ3v) is 6.94. The minimum atomic E-state index is -1.02. The minimum absolute atomic E-state index is 0.0528. The number of oxazole rings is 1. The summed E-state index contributed by atoms with van der Waals surface area (Å²) in [4.78, 5) is 42.9. The highest BCUT2D eigenvalue weighted by molar-refractivity contribution is 6.35. The highest BCUT2D eigenvalue weighted by Crippen LogP contribution is 2.30. The smallest absolute Gasteiger partial charge is 0.408 e. The number of carbonyl (C=O) groups excluding carboxylic acids is 3. The van der Waals surface area contributed by atoms with Crippen molar-refractivity contribution in [3.05, 3.63) is 118 Å². The molecule has 0 bridgehead atoms. The Labute approximate surface area is 275 Å². The SMILES string of the molecule is CC(C)(C)OC(=O)N[C@@H](Cc1ccc(OC(=O)c2ccc3nc(-c4cc(Cl)cc(Cl)c4)oc3c2)cc1)C(=O)OCc1ccccc1. The average molecular weight is 662 g/mol. The van der Waals surface area contributed by atoms with Gasteiger partial charge in [-0.3, -0.25) is 0 Å². The third-order valence-electron chi connectivity index (χ3n) is 6.51. The highest BCUT2D eigenvalue weighted by Gasteiger charge is 2.26. The van der Waals surface area contributed by atoms with Gasteiger partial charge in [-0.05, 0) is 80.4 Å². The molecule has 0 saturated heterocycles. The summed E-state index contributed by atoms with van der Waals surface area (Å²) < 4.78 is 22.3. The van der Waals surface area contributed by atoms with Crippen LogP contribution in [-0.2, 0) is 27.3 Å². The van der Waals surface area contributed by atoms with Crippen molar-refractivity contribution >= 4 is 52.3 Å². The van der Waals surface area contributed by atoms with Crippen molar-refractivity contribution in [2.45, 2.75) is 45.4 Å².